The molecule has 0 bridgehead atoms. The predicted octanol–water partition coefficient (Wildman–Crippen LogP) is 8.14. The normalized spacial score (nSPS) is 15.1. The number of aromatic nitrogens is 1. The van der Waals surface area contributed by atoms with E-state index in [0.29, 0.717) is 11.8 Å². The first-order chi connectivity index (χ1) is 14.3. The van der Waals surface area contributed by atoms with Crippen molar-refractivity contribution >= 4 is 0 Å². The van der Waals surface area contributed by atoms with Crippen LogP contribution in [0.5, 0.6) is 0 Å². The van der Waals surface area contributed by atoms with Gasteiger partial charge in [0.05, 0.1) is 0 Å². The van der Waals surface area contributed by atoms with Gasteiger partial charge in [0, 0.05) is 11.4 Å². The van der Waals surface area contributed by atoms with E-state index in [0.717, 1.165) is 25.0 Å². The Kier molecular flexibility index (Phi) is 7.34. The van der Waals surface area contributed by atoms with Gasteiger partial charge in [-0.25, -0.2) is 0 Å². The minimum absolute atomic E-state index is 0.419. The SMILES string of the molecule is C=C1CCC(c2ccc(Cc3c(C(C)C)nc(C)c(C)c3CC(=C)CC)cc2)CC1. The van der Waals surface area contributed by atoms with Crippen molar-refractivity contribution in [2.75, 3.05) is 0 Å². The molecule has 0 amide bonds. The lowest BCUT2D eigenvalue weighted by Gasteiger charge is -2.24. The molecule has 0 N–H and O–H groups in total. The van der Waals surface area contributed by atoms with E-state index in [1.165, 1.54) is 70.3 Å². The van der Waals surface area contributed by atoms with Crippen LogP contribution in [0.15, 0.2) is 48.6 Å². The van der Waals surface area contributed by atoms with Crippen LogP contribution in [-0.2, 0) is 12.8 Å². The van der Waals surface area contributed by atoms with Crippen molar-refractivity contribution in [1.82, 2.24) is 4.98 Å². The summed E-state index contributed by atoms with van der Waals surface area (Å²) in [6.45, 7) is 19.6. The molecule has 0 spiro atoms. The third-order valence-corrected chi connectivity index (χ3v) is 6.96. The second-order valence-corrected chi connectivity index (χ2v) is 9.54. The average Bonchev–Trinajstić information content (AvgIpc) is 2.74. The van der Waals surface area contributed by atoms with Gasteiger partial charge in [0.15, 0.2) is 0 Å². The van der Waals surface area contributed by atoms with Gasteiger partial charge >= 0.3 is 0 Å². The molecule has 1 heterocycles. The van der Waals surface area contributed by atoms with E-state index in [1.54, 1.807) is 0 Å². The fourth-order valence-corrected chi connectivity index (χ4v) is 4.69. The first-order valence-electron chi connectivity index (χ1n) is 11.7. The summed E-state index contributed by atoms with van der Waals surface area (Å²) >= 11 is 0. The molecular formula is C29H39N. The minimum Gasteiger partial charge on any atom is -0.257 e. The third-order valence-electron chi connectivity index (χ3n) is 6.96. The number of rotatable bonds is 7. The van der Waals surface area contributed by atoms with Gasteiger partial charge in [0.2, 0.25) is 0 Å². The molecule has 160 valence electrons. The van der Waals surface area contributed by atoms with Crippen molar-refractivity contribution in [3.8, 4) is 0 Å². The molecule has 0 aliphatic heterocycles. The second kappa shape index (κ2) is 9.77. The van der Waals surface area contributed by atoms with Crippen LogP contribution in [-0.4, -0.2) is 4.98 Å². The van der Waals surface area contributed by atoms with E-state index in [4.69, 9.17) is 4.98 Å². The molecular weight excluding hydrogens is 362 g/mol. The quantitative estimate of drug-likeness (QED) is 0.427. The summed E-state index contributed by atoms with van der Waals surface area (Å²) in [6, 6.07) is 9.41. The zero-order valence-corrected chi connectivity index (χ0v) is 19.8. The van der Waals surface area contributed by atoms with Gasteiger partial charge in [-0.3, -0.25) is 4.98 Å². The van der Waals surface area contributed by atoms with Crippen molar-refractivity contribution in [1.29, 1.82) is 0 Å². The Morgan fingerprint density at radius 3 is 2.27 bits per heavy atom. The molecule has 3 rings (SSSR count). The lowest BCUT2D eigenvalue weighted by molar-refractivity contribution is 0.518. The fraction of sp³-hybridized carbons (Fsp3) is 0.483. The standard InChI is InChI=1S/C29H39N/c1-8-20(4)17-27-22(6)23(7)30-29(19(2)3)28(27)18-24-11-15-26(16-12-24)25-13-9-21(5)10-14-25/h11-12,15-16,19,25H,4-5,8-10,13-14,17-18H2,1-3,6-7H3. The largest absolute Gasteiger partial charge is 0.257 e. The minimum atomic E-state index is 0.419. The lowest BCUT2D eigenvalue weighted by atomic mass is 9.81. The Balaban J connectivity index is 1.92. The summed E-state index contributed by atoms with van der Waals surface area (Å²) in [5.74, 6) is 1.12. The number of hydrogen-bond donors (Lipinski definition) is 0. The Hall–Kier alpha value is -2.15. The monoisotopic (exact) mass is 401 g/mol. The molecule has 0 saturated heterocycles. The lowest BCUT2D eigenvalue weighted by Crippen LogP contribution is -2.11. The molecule has 30 heavy (non-hydrogen) atoms. The van der Waals surface area contributed by atoms with Gasteiger partial charge in [-0.1, -0.05) is 69.3 Å². The van der Waals surface area contributed by atoms with Crippen molar-refractivity contribution in [3.63, 3.8) is 0 Å². The van der Waals surface area contributed by atoms with Crippen molar-refractivity contribution < 1.29 is 0 Å². The summed E-state index contributed by atoms with van der Waals surface area (Å²) in [5.41, 5.74) is 12.2. The predicted molar refractivity (Wildman–Crippen MR) is 131 cm³/mol. The Morgan fingerprint density at radius 2 is 1.70 bits per heavy atom. The molecule has 1 saturated carbocycles. The molecule has 1 nitrogen and oxygen atoms in total. The van der Waals surface area contributed by atoms with Crippen LogP contribution in [0.25, 0.3) is 0 Å². The van der Waals surface area contributed by atoms with E-state index < -0.39 is 0 Å². The van der Waals surface area contributed by atoms with Crippen LogP contribution < -0.4 is 0 Å². The molecule has 0 unspecified atom stereocenters. The first kappa shape index (κ1) is 22.5. The van der Waals surface area contributed by atoms with Gasteiger partial charge in [0.1, 0.15) is 0 Å². The molecule has 0 atom stereocenters. The highest BCUT2D eigenvalue weighted by Gasteiger charge is 2.20. The maximum absolute atomic E-state index is 5.02. The molecule has 1 aromatic heterocycles. The van der Waals surface area contributed by atoms with Crippen molar-refractivity contribution in [3.05, 3.63) is 87.8 Å². The number of allylic oxidation sites excluding steroid dienone is 2. The van der Waals surface area contributed by atoms with Gasteiger partial charge in [-0.2, -0.15) is 0 Å². The summed E-state index contributed by atoms with van der Waals surface area (Å²) in [5, 5.41) is 0. The first-order valence-corrected chi connectivity index (χ1v) is 11.7. The van der Waals surface area contributed by atoms with Crippen molar-refractivity contribution in [2.24, 2.45) is 0 Å². The summed E-state index contributed by atoms with van der Waals surface area (Å²) in [4.78, 5) is 5.02. The summed E-state index contributed by atoms with van der Waals surface area (Å²) in [6.07, 6.45) is 7.81. The van der Waals surface area contributed by atoms with Crippen molar-refractivity contribution in [2.45, 2.75) is 91.4 Å². The third kappa shape index (κ3) is 5.12. The molecule has 1 fully saturated rings. The van der Waals surface area contributed by atoms with Crippen LogP contribution >= 0.6 is 0 Å². The zero-order valence-electron chi connectivity index (χ0n) is 19.8. The van der Waals surface area contributed by atoms with E-state index in [1.807, 2.05) is 0 Å². The van der Waals surface area contributed by atoms with E-state index in [9.17, 15) is 0 Å². The highest BCUT2D eigenvalue weighted by atomic mass is 14.7. The summed E-state index contributed by atoms with van der Waals surface area (Å²) < 4.78 is 0. The van der Waals surface area contributed by atoms with Crippen LogP contribution in [0.2, 0.25) is 0 Å². The van der Waals surface area contributed by atoms with Gasteiger partial charge < -0.3 is 0 Å². The van der Waals surface area contributed by atoms with E-state index in [-0.39, 0.29) is 0 Å². The Morgan fingerprint density at radius 1 is 1.07 bits per heavy atom. The van der Waals surface area contributed by atoms with Crippen LogP contribution in [0, 0.1) is 13.8 Å². The zero-order chi connectivity index (χ0) is 21.8. The molecule has 0 radical (unpaired) electrons. The maximum Gasteiger partial charge on any atom is 0.0470 e. The molecule has 1 aliphatic carbocycles. The second-order valence-electron chi connectivity index (χ2n) is 9.54. The van der Waals surface area contributed by atoms with Gasteiger partial charge in [0.25, 0.3) is 0 Å². The van der Waals surface area contributed by atoms with E-state index in [2.05, 4.69) is 72.0 Å². The number of hydrogen-bond acceptors (Lipinski definition) is 1. The fourth-order valence-electron chi connectivity index (χ4n) is 4.69. The van der Waals surface area contributed by atoms with Crippen LogP contribution in [0.1, 0.15) is 104 Å². The summed E-state index contributed by atoms with van der Waals surface area (Å²) in [7, 11) is 0. The van der Waals surface area contributed by atoms with Gasteiger partial charge in [-0.15, -0.1) is 0 Å². The highest BCUT2D eigenvalue weighted by Crippen LogP contribution is 2.35. The topological polar surface area (TPSA) is 12.9 Å². The van der Waals surface area contributed by atoms with Crippen LogP contribution in [0.4, 0.5) is 0 Å². The molecule has 1 aromatic carbocycles. The Bertz CT molecular complexity index is 904. The Labute approximate surface area is 184 Å². The van der Waals surface area contributed by atoms with E-state index >= 15 is 0 Å². The molecule has 2 aromatic rings. The number of benzene rings is 1. The number of pyridine rings is 1. The number of aryl methyl sites for hydroxylation is 1. The maximum atomic E-state index is 5.02. The molecule has 1 heteroatoms. The van der Waals surface area contributed by atoms with Gasteiger partial charge in [-0.05, 0) is 98.4 Å². The molecule has 1 aliphatic rings. The number of nitrogens with zero attached hydrogens (tertiary/aromatic N) is 1. The van der Waals surface area contributed by atoms with Crippen LogP contribution in [0.3, 0.4) is 0 Å². The average molecular weight is 402 g/mol. The smallest absolute Gasteiger partial charge is 0.0470 e. The highest BCUT2D eigenvalue weighted by molar-refractivity contribution is 5.45.